The molecule has 9 heteroatoms. The van der Waals surface area contributed by atoms with Crippen LogP contribution in [0.3, 0.4) is 0 Å². The third-order valence-corrected chi connectivity index (χ3v) is 2.81. The van der Waals surface area contributed by atoms with E-state index < -0.39 is 6.55 Å². The van der Waals surface area contributed by atoms with Crippen LogP contribution in [0.1, 0.15) is 32.1 Å². The molecule has 0 atom stereocenters. The minimum atomic E-state index is -2.59. The van der Waals surface area contributed by atoms with Crippen molar-refractivity contribution in [3.8, 4) is 0 Å². The number of ether oxygens (including phenoxy) is 1. The number of nitrogens with one attached hydrogen (secondary N) is 2. The van der Waals surface area contributed by atoms with Crippen LogP contribution < -0.4 is 10.6 Å². The van der Waals surface area contributed by atoms with E-state index in [-0.39, 0.29) is 36.3 Å². The Hall–Kier alpha value is -0.970. The Balaban J connectivity index is 0.00000441. The number of rotatable bonds is 9. The van der Waals surface area contributed by atoms with Gasteiger partial charge in [0, 0.05) is 39.2 Å². The van der Waals surface area contributed by atoms with Gasteiger partial charge in [0.05, 0.1) is 6.54 Å². The van der Waals surface area contributed by atoms with Gasteiger partial charge in [0.25, 0.3) is 0 Å². The van der Waals surface area contributed by atoms with E-state index >= 15 is 0 Å². The molecule has 0 saturated heterocycles. The van der Waals surface area contributed by atoms with E-state index in [9.17, 15) is 8.78 Å². The molecule has 2 N–H and O–H groups in total. The van der Waals surface area contributed by atoms with Crippen molar-refractivity contribution in [3.05, 3.63) is 18.2 Å². The Morgan fingerprint density at radius 3 is 2.82 bits per heavy atom. The Morgan fingerprint density at radius 2 is 2.18 bits per heavy atom. The second-order valence-corrected chi connectivity index (χ2v) is 4.28. The molecular formula is C13H24F2IN5O. The summed E-state index contributed by atoms with van der Waals surface area (Å²) in [5.41, 5.74) is 0. The normalized spacial score (nSPS) is 11.4. The van der Waals surface area contributed by atoms with Gasteiger partial charge in [-0.25, -0.2) is 4.98 Å². The van der Waals surface area contributed by atoms with Gasteiger partial charge in [-0.05, 0) is 19.8 Å². The molecule has 0 spiro atoms. The first kappa shape index (κ1) is 21.0. The van der Waals surface area contributed by atoms with E-state index in [4.69, 9.17) is 4.74 Å². The monoisotopic (exact) mass is 431 g/mol. The van der Waals surface area contributed by atoms with Crippen LogP contribution in [0.5, 0.6) is 0 Å². The zero-order chi connectivity index (χ0) is 15.5. The first-order chi connectivity index (χ1) is 10.2. The van der Waals surface area contributed by atoms with E-state index in [2.05, 4.69) is 20.6 Å². The summed E-state index contributed by atoms with van der Waals surface area (Å²) >= 11 is 0. The molecule has 22 heavy (non-hydrogen) atoms. The molecule has 0 fully saturated rings. The van der Waals surface area contributed by atoms with Gasteiger partial charge in [0.15, 0.2) is 5.96 Å². The standard InChI is InChI=1S/C13H23F2N5O.HI/c1-3-21-9-5-4-6-18-13(16-2)19-10-11-17-7-8-20(11)12(14)15;/h7-8,12H,3-6,9-10H2,1-2H3,(H2,16,18,19);1H. The van der Waals surface area contributed by atoms with Gasteiger partial charge >= 0.3 is 6.55 Å². The number of halogens is 3. The quantitative estimate of drug-likeness (QED) is 0.273. The zero-order valence-electron chi connectivity index (χ0n) is 12.9. The van der Waals surface area contributed by atoms with Gasteiger partial charge in [0.2, 0.25) is 0 Å². The fourth-order valence-electron chi connectivity index (χ4n) is 1.72. The van der Waals surface area contributed by atoms with Crippen molar-refractivity contribution in [1.82, 2.24) is 20.2 Å². The molecule has 0 amide bonds. The van der Waals surface area contributed by atoms with E-state index in [1.54, 1.807) is 7.05 Å². The zero-order valence-corrected chi connectivity index (χ0v) is 15.2. The Bertz CT molecular complexity index is 428. The van der Waals surface area contributed by atoms with Crippen molar-refractivity contribution >= 4 is 29.9 Å². The van der Waals surface area contributed by atoms with Crippen molar-refractivity contribution in [1.29, 1.82) is 0 Å². The number of hydrogen-bond donors (Lipinski definition) is 2. The Labute approximate surface area is 146 Å². The van der Waals surface area contributed by atoms with Gasteiger partial charge in [-0.15, -0.1) is 24.0 Å². The molecule has 6 nitrogen and oxygen atoms in total. The summed E-state index contributed by atoms with van der Waals surface area (Å²) in [6, 6.07) is 0. The van der Waals surface area contributed by atoms with Gasteiger partial charge in [-0.3, -0.25) is 9.56 Å². The first-order valence-corrected chi connectivity index (χ1v) is 7.01. The topological polar surface area (TPSA) is 63.5 Å². The third-order valence-electron chi connectivity index (χ3n) is 2.81. The highest BCUT2D eigenvalue weighted by molar-refractivity contribution is 14.0. The molecule has 0 aliphatic rings. The van der Waals surface area contributed by atoms with E-state index in [0.717, 1.165) is 37.2 Å². The van der Waals surface area contributed by atoms with Crippen molar-refractivity contribution in [3.63, 3.8) is 0 Å². The van der Waals surface area contributed by atoms with Gasteiger partial charge in [-0.1, -0.05) is 0 Å². The highest BCUT2D eigenvalue weighted by atomic mass is 127. The second kappa shape index (κ2) is 12.6. The molecule has 0 bridgehead atoms. The maximum atomic E-state index is 12.7. The molecule has 0 aliphatic heterocycles. The SMILES string of the molecule is CCOCCCCNC(=NC)NCc1nccn1C(F)F.I. The molecule has 0 radical (unpaired) electrons. The average molecular weight is 431 g/mol. The first-order valence-electron chi connectivity index (χ1n) is 7.01. The number of unbranched alkanes of at least 4 members (excludes halogenated alkanes) is 1. The molecule has 1 heterocycles. The summed E-state index contributed by atoms with van der Waals surface area (Å²) in [6.07, 6.45) is 4.53. The fourth-order valence-corrected chi connectivity index (χ4v) is 1.72. The lowest BCUT2D eigenvalue weighted by atomic mass is 10.3. The Morgan fingerprint density at radius 1 is 1.41 bits per heavy atom. The number of aromatic nitrogens is 2. The number of nitrogens with zero attached hydrogens (tertiary/aromatic N) is 3. The van der Waals surface area contributed by atoms with Crippen LogP contribution in [0, 0.1) is 0 Å². The predicted octanol–water partition coefficient (Wildman–Crippen LogP) is 2.38. The van der Waals surface area contributed by atoms with E-state index in [0.29, 0.717) is 5.96 Å². The van der Waals surface area contributed by atoms with Gasteiger partial charge in [-0.2, -0.15) is 8.78 Å². The molecule has 0 aliphatic carbocycles. The molecule has 1 rings (SSSR count). The molecule has 1 aromatic heterocycles. The van der Waals surface area contributed by atoms with Crippen LogP contribution in [0.15, 0.2) is 17.4 Å². The fraction of sp³-hybridized carbons (Fsp3) is 0.692. The van der Waals surface area contributed by atoms with Crippen LogP contribution >= 0.6 is 24.0 Å². The molecule has 0 saturated carbocycles. The van der Waals surface area contributed by atoms with Crippen molar-refractivity contribution < 1.29 is 13.5 Å². The summed E-state index contributed by atoms with van der Waals surface area (Å²) in [7, 11) is 1.63. The predicted molar refractivity (Wildman–Crippen MR) is 92.8 cm³/mol. The lowest BCUT2D eigenvalue weighted by molar-refractivity contribution is 0.0668. The van der Waals surface area contributed by atoms with Crippen LogP contribution in [0.25, 0.3) is 0 Å². The molecule has 128 valence electrons. The number of aliphatic imine (C=N–C) groups is 1. The maximum absolute atomic E-state index is 12.7. The van der Waals surface area contributed by atoms with Crippen molar-refractivity contribution in [2.75, 3.05) is 26.8 Å². The van der Waals surface area contributed by atoms with Crippen molar-refractivity contribution in [2.24, 2.45) is 4.99 Å². The summed E-state index contributed by atoms with van der Waals surface area (Å²) in [5, 5.41) is 6.08. The minimum absolute atomic E-state index is 0. The average Bonchev–Trinajstić information content (AvgIpc) is 2.94. The van der Waals surface area contributed by atoms with E-state index in [1.807, 2.05) is 6.92 Å². The maximum Gasteiger partial charge on any atom is 0.319 e. The molecule has 0 aromatic carbocycles. The minimum Gasteiger partial charge on any atom is -0.382 e. The van der Waals surface area contributed by atoms with Crippen LogP contribution in [0.4, 0.5) is 8.78 Å². The number of guanidine groups is 1. The number of imidazole rings is 1. The van der Waals surface area contributed by atoms with Crippen molar-refractivity contribution in [2.45, 2.75) is 32.9 Å². The largest absolute Gasteiger partial charge is 0.382 e. The third kappa shape index (κ3) is 7.87. The van der Waals surface area contributed by atoms with Crippen LogP contribution in [0.2, 0.25) is 0 Å². The lowest BCUT2D eigenvalue weighted by Crippen LogP contribution is -2.38. The van der Waals surface area contributed by atoms with Gasteiger partial charge in [0.1, 0.15) is 5.82 Å². The Kier molecular flexibility index (Phi) is 12.0. The van der Waals surface area contributed by atoms with Crippen LogP contribution in [-0.4, -0.2) is 42.3 Å². The second-order valence-electron chi connectivity index (χ2n) is 4.28. The summed E-state index contributed by atoms with van der Waals surface area (Å²) in [5.74, 6) is 0.833. The molecular weight excluding hydrogens is 407 g/mol. The summed E-state index contributed by atoms with van der Waals surface area (Å²) < 4.78 is 31.4. The smallest absolute Gasteiger partial charge is 0.319 e. The highest BCUT2D eigenvalue weighted by Crippen LogP contribution is 2.11. The summed E-state index contributed by atoms with van der Waals surface area (Å²) in [4.78, 5) is 7.93. The number of hydrogen-bond acceptors (Lipinski definition) is 3. The highest BCUT2D eigenvalue weighted by Gasteiger charge is 2.11. The van der Waals surface area contributed by atoms with E-state index in [1.165, 1.54) is 12.4 Å². The lowest BCUT2D eigenvalue weighted by Gasteiger charge is -2.12. The molecule has 0 unspecified atom stereocenters. The van der Waals surface area contributed by atoms with Gasteiger partial charge < -0.3 is 15.4 Å². The van der Waals surface area contributed by atoms with Crippen LogP contribution in [-0.2, 0) is 11.3 Å². The molecule has 1 aromatic rings. The number of alkyl halides is 2. The summed E-state index contributed by atoms with van der Waals surface area (Å²) in [6.45, 7) is 1.79.